The van der Waals surface area contributed by atoms with E-state index in [4.69, 9.17) is 0 Å². The van der Waals surface area contributed by atoms with Gasteiger partial charge in [0, 0.05) is 106 Å². The number of pyridine rings is 4. The molecular formula is C86H76B2Mo2N6O5-10. The average Bonchev–Trinajstić information content (AvgIpc) is 0.746. The fraction of sp³-hybridized carbons (Fsp3) is 0.0698. The first kappa shape index (κ1) is 79.7. The summed E-state index contributed by atoms with van der Waals surface area (Å²) >= 11 is 0. The fourth-order valence-corrected chi connectivity index (χ4v) is 13.2. The van der Waals surface area contributed by atoms with E-state index in [2.05, 4.69) is 272 Å². The molecule has 0 radical (unpaired) electrons. The molecule has 15 heteroatoms. The van der Waals surface area contributed by atoms with Gasteiger partial charge in [-0.05, 0) is 59.7 Å². The molecule has 0 atom stereocenters. The number of nitrogens with zero attached hydrogens (tertiary/aromatic N) is 6. The number of hydrogen-bond acceptors (Lipinski definition) is 8. The second-order valence-electron chi connectivity index (χ2n) is 23.8. The monoisotopic (exact) mass is 1490 g/mol. The Hall–Kier alpha value is -10.3. The van der Waals surface area contributed by atoms with Crippen LogP contribution in [0.25, 0.3) is 0 Å². The summed E-state index contributed by atoms with van der Waals surface area (Å²) < 4.78 is 0. The van der Waals surface area contributed by atoms with Gasteiger partial charge in [0.2, 0.25) is 0 Å². The van der Waals surface area contributed by atoms with Crippen molar-refractivity contribution in [3.8, 4) is 11.5 Å². The van der Waals surface area contributed by atoms with Gasteiger partial charge >= 0.3 is 0 Å². The Morgan fingerprint density at radius 1 is 0.208 bits per heavy atom. The SMILES string of the molecule is [Mo].[Mo].[O-2].[O-2].[O-2].[O-]c1ccccc1CN(Cc1ccccn1)Cc1ccccn1.[O-]c1ccccc1CN(Cc1ccccn1)Cc1ccccn1.c1ccc([B-](c2ccccc2)(c2ccccc2)c2ccccc2)cc1.c1ccc([B-](c2ccccc2)(c2ccccc2)c2ccccc2)cc1. The maximum absolute atomic E-state index is 12.0. The van der Waals surface area contributed by atoms with Crippen molar-refractivity contribution in [2.24, 2.45) is 0 Å². The average molecular weight is 1490 g/mol. The molecule has 0 unspecified atom stereocenters. The van der Waals surface area contributed by atoms with Crippen LogP contribution in [0.2, 0.25) is 0 Å². The van der Waals surface area contributed by atoms with Crippen molar-refractivity contribution in [1.29, 1.82) is 0 Å². The Bertz CT molecular complexity index is 3800. The minimum absolute atomic E-state index is 0. The standard InChI is InChI=1S/2C24H20B.2C19H19N3O.2Mo.3O/c2*1-5-13-21(14-6-1)25(22-15-7-2-8-16-22,23-17-9-3-10-18-23)24-19-11-4-12-20-24;2*23-19-10-2-1-7-16(19)13-22(14-17-8-3-5-11-20-17)15-18-9-4-6-12-21-18;;;;;/h2*1-20H;2*1-12,23H,13-15H2;;;;;/q2*-1;;;;;3*-2/p-2. The molecule has 0 fully saturated rings. The van der Waals surface area contributed by atoms with E-state index in [-0.39, 0.29) is 70.1 Å². The van der Waals surface area contributed by atoms with Crippen molar-refractivity contribution in [2.75, 3.05) is 0 Å². The van der Waals surface area contributed by atoms with Crippen LogP contribution in [-0.2, 0) is 97.8 Å². The third-order valence-corrected chi connectivity index (χ3v) is 17.6. The molecule has 4 heterocycles. The van der Waals surface area contributed by atoms with E-state index in [9.17, 15) is 10.2 Å². The molecule has 14 rings (SSSR count). The van der Waals surface area contributed by atoms with Gasteiger partial charge in [0.1, 0.15) is 12.3 Å². The zero-order valence-corrected chi connectivity index (χ0v) is 59.9. The van der Waals surface area contributed by atoms with Gasteiger partial charge in [-0.25, -0.2) is 0 Å². The normalized spacial score (nSPS) is 10.5. The van der Waals surface area contributed by atoms with E-state index < -0.39 is 12.3 Å². The van der Waals surface area contributed by atoms with Crippen LogP contribution in [-0.4, -0.2) is 42.0 Å². The molecule has 0 aliphatic rings. The molecule has 14 aromatic rings. The van der Waals surface area contributed by atoms with E-state index in [0.717, 1.165) is 33.9 Å². The van der Waals surface area contributed by atoms with Gasteiger partial charge in [0.05, 0.1) is 22.8 Å². The number of para-hydroxylation sites is 2. The van der Waals surface area contributed by atoms with Crippen molar-refractivity contribution < 1.29 is 68.8 Å². The molecular weight excluding hydrogens is 1410 g/mol. The third kappa shape index (κ3) is 21.4. The van der Waals surface area contributed by atoms with Crippen LogP contribution in [0.15, 0.2) is 389 Å². The molecule has 0 N–H and O–H groups in total. The molecule has 0 bridgehead atoms. The van der Waals surface area contributed by atoms with Crippen LogP contribution in [0.4, 0.5) is 0 Å². The van der Waals surface area contributed by atoms with Gasteiger partial charge in [-0.15, -0.1) is 11.5 Å². The van der Waals surface area contributed by atoms with Crippen LogP contribution >= 0.6 is 0 Å². The van der Waals surface area contributed by atoms with E-state index in [1.165, 1.54) is 43.7 Å². The summed E-state index contributed by atoms with van der Waals surface area (Å²) in [6.07, 6.45) is 4.72. The van der Waals surface area contributed by atoms with Gasteiger partial charge in [-0.3, -0.25) is 29.7 Å². The van der Waals surface area contributed by atoms with Gasteiger partial charge < -0.3 is 26.6 Å². The molecule has 0 saturated heterocycles. The van der Waals surface area contributed by atoms with Crippen LogP contribution in [0, 0.1) is 0 Å². The molecule has 0 amide bonds. The third-order valence-electron chi connectivity index (χ3n) is 17.6. The quantitative estimate of drug-likeness (QED) is 0.0673. The van der Waals surface area contributed by atoms with Gasteiger partial charge in [0.25, 0.3) is 0 Å². The molecule has 11 nitrogen and oxygen atoms in total. The van der Waals surface area contributed by atoms with Crippen LogP contribution in [0.3, 0.4) is 0 Å². The Morgan fingerprint density at radius 2 is 0.376 bits per heavy atom. The van der Waals surface area contributed by atoms with Crippen LogP contribution in [0.1, 0.15) is 33.9 Å². The summed E-state index contributed by atoms with van der Waals surface area (Å²) in [5.41, 5.74) is 16.2. The van der Waals surface area contributed by atoms with E-state index in [1.54, 1.807) is 49.1 Å². The Kier molecular flexibility index (Phi) is 33.1. The molecule has 0 aliphatic heterocycles. The zero-order valence-electron chi connectivity index (χ0n) is 55.9. The summed E-state index contributed by atoms with van der Waals surface area (Å²) in [6.45, 7) is 3.84. The Labute approximate surface area is 623 Å². The van der Waals surface area contributed by atoms with Crippen LogP contribution in [0.5, 0.6) is 11.5 Å². The first-order valence-corrected chi connectivity index (χ1v) is 32.8. The summed E-state index contributed by atoms with van der Waals surface area (Å²) in [4.78, 5) is 21.9. The van der Waals surface area contributed by atoms with Crippen molar-refractivity contribution in [2.45, 2.75) is 39.3 Å². The molecule has 0 saturated carbocycles. The molecule has 0 spiro atoms. The fourth-order valence-electron chi connectivity index (χ4n) is 13.2. The van der Waals surface area contributed by atoms with Crippen molar-refractivity contribution in [3.63, 3.8) is 0 Å². The minimum Gasteiger partial charge on any atom is -2.00 e. The molecule has 101 heavy (non-hydrogen) atoms. The van der Waals surface area contributed by atoms with E-state index in [1.807, 2.05) is 97.1 Å². The van der Waals surface area contributed by atoms with Crippen molar-refractivity contribution in [1.82, 2.24) is 29.7 Å². The van der Waals surface area contributed by atoms with E-state index >= 15 is 0 Å². The van der Waals surface area contributed by atoms with Gasteiger partial charge in [-0.1, -0.05) is 315 Å². The first-order valence-electron chi connectivity index (χ1n) is 32.8. The molecule has 508 valence electrons. The molecule has 0 aliphatic carbocycles. The van der Waals surface area contributed by atoms with Crippen molar-refractivity contribution >= 4 is 56.0 Å². The first-order chi connectivity index (χ1) is 47.5. The Morgan fingerprint density at radius 3 is 0.545 bits per heavy atom. The number of hydrogen-bond donors (Lipinski definition) is 0. The van der Waals surface area contributed by atoms with Gasteiger partial charge in [0.15, 0.2) is 0 Å². The largest absolute Gasteiger partial charge is 2.00 e. The van der Waals surface area contributed by atoms with Crippen molar-refractivity contribution in [3.05, 3.63) is 423 Å². The van der Waals surface area contributed by atoms with E-state index in [0.29, 0.717) is 39.3 Å². The van der Waals surface area contributed by atoms with Gasteiger partial charge in [-0.2, -0.15) is 43.7 Å². The number of aromatic nitrogens is 4. The number of rotatable bonds is 20. The Balaban J connectivity index is 0.000000209. The smallest absolute Gasteiger partial charge is 0.108 e. The molecule has 4 aromatic heterocycles. The maximum Gasteiger partial charge on any atom is 0.108 e. The minimum atomic E-state index is -1.22. The second kappa shape index (κ2) is 42.0. The topological polar surface area (TPSA) is 190 Å². The summed E-state index contributed by atoms with van der Waals surface area (Å²) in [5, 5.41) is 24.0. The van der Waals surface area contributed by atoms with Crippen LogP contribution < -0.4 is 53.9 Å². The second-order valence-corrected chi connectivity index (χ2v) is 23.8. The maximum atomic E-state index is 12.0. The molecule has 10 aromatic carbocycles. The summed E-state index contributed by atoms with van der Waals surface area (Å²) in [6, 6.07) is 125. The summed E-state index contributed by atoms with van der Waals surface area (Å²) in [5.74, 6) is 0.138. The number of benzene rings is 10. The summed E-state index contributed by atoms with van der Waals surface area (Å²) in [7, 11) is 0. The predicted octanol–water partition coefficient (Wildman–Crippen LogP) is 11.3. The zero-order chi connectivity index (χ0) is 65.7. The predicted molar refractivity (Wildman–Crippen MR) is 397 cm³/mol.